The second-order valence-corrected chi connectivity index (χ2v) is 9.24. The predicted octanol–water partition coefficient (Wildman–Crippen LogP) is 4.05. The average molecular weight is 520 g/mol. The van der Waals surface area contributed by atoms with Crippen molar-refractivity contribution in [3.63, 3.8) is 0 Å². The lowest BCUT2D eigenvalue weighted by Crippen LogP contribution is -2.55. The molecule has 2 aromatic carbocycles. The van der Waals surface area contributed by atoms with Crippen LogP contribution in [0.25, 0.3) is 16.9 Å². The number of piperazine rings is 1. The first-order chi connectivity index (χ1) is 17.9. The zero-order valence-corrected chi connectivity index (χ0v) is 21.5. The summed E-state index contributed by atoms with van der Waals surface area (Å²) < 4.78 is 12.4. The van der Waals surface area contributed by atoms with Crippen molar-refractivity contribution in [3.8, 4) is 22.8 Å². The summed E-state index contributed by atoms with van der Waals surface area (Å²) in [6, 6.07) is 15.8. The standard InChI is InChI=1S/C27H26ClN5O4/c1-17-16-31(11-12-32(17)26(34)19-5-4-6-20(28)13-19)27(35)21-15-25-29-10-9-22(33(25)30-21)18-7-8-23(36-2)24(14-18)37-3/h4-10,13-15,17H,11-12,16H2,1-3H3/t17-/m0/s1. The number of carbonyl (C=O) groups excluding carboxylic acids is 2. The van der Waals surface area contributed by atoms with E-state index in [2.05, 4.69) is 10.1 Å². The summed E-state index contributed by atoms with van der Waals surface area (Å²) >= 11 is 6.06. The Balaban J connectivity index is 1.37. The van der Waals surface area contributed by atoms with Gasteiger partial charge in [-0.15, -0.1) is 0 Å². The van der Waals surface area contributed by atoms with Crippen LogP contribution in [0.5, 0.6) is 11.5 Å². The highest BCUT2D eigenvalue weighted by Gasteiger charge is 2.32. The second-order valence-electron chi connectivity index (χ2n) is 8.81. The van der Waals surface area contributed by atoms with Crippen LogP contribution in [0.3, 0.4) is 0 Å². The molecule has 0 radical (unpaired) electrons. The molecule has 0 aliphatic carbocycles. The SMILES string of the molecule is COc1ccc(-c2ccnc3cc(C(=O)N4CCN(C(=O)c5cccc(Cl)c5)[C@@H](C)C4)nn23)cc1OC. The summed E-state index contributed by atoms with van der Waals surface area (Å²) in [6.07, 6.45) is 1.68. The number of carbonyl (C=O) groups is 2. The number of rotatable bonds is 5. The maximum Gasteiger partial charge on any atom is 0.274 e. The molecule has 1 atom stereocenters. The van der Waals surface area contributed by atoms with E-state index in [1.165, 1.54) is 0 Å². The molecule has 190 valence electrons. The van der Waals surface area contributed by atoms with Crippen LogP contribution >= 0.6 is 11.6 Å². The van der Waals surface area contributed by atoms with E-state index in [1.54, 1.807) is 65.1 Å². The highest BCUT2D eigenvalue weighted by Crippen LogP contribution is 2.32. The van der Waals surface area contributed by atoms with Gasteiger partial charge in [0.15, 0.2) is 22.8 Å². The molecule has 1 saturated heterocycles. The van der Waals surface area contributed by atoms with Crippen molar-refractivity contribution in [2.75, 3.05) is 33.9 Å². The Bertz CT molecular complexity index is 1490. The number of ether oxygens (including phenoxy) is 2. The number of hydrogen-bond donors (Lipinski definition) is 0. The molecule has 2 aromatic heterocycles. The minimum Gasteiger partial charge on any atom is -0.493 e. The zero-order valence-electron chi connectivity index (χ0n) is 20.7. The van der Waals surface area contributed by atoms with E-state index in [4.69, 9.17) is 21.1 Å². The molecule has 9 nitrogen and oxygen atoms in total. The fourth-order valence-electron chi connectivity index (χ4n) is 4.61. The molecule has 0 bridgehead atoms. The lowest BCUT2D eigenvalue weighted by molar-refractivity contribution is 0.0411. The van der Waals surface area contributed by atoms with Crippen LogP contribution in [0.15, 0.2) is 60.8 Å². The van der Waals surface area contributed by atoms with Gasteiger partial charge in [0.1, 0.15) is 0 Å². The summed E-state index contributed by atoms with van der Waals surface area (Å²) in [5.41, 5.74) is 2.98. The normalized spacial score (nSPS) is 15.6. The smallest absolute Gasteiger partial charge is 0.274 e. The van der Waals surface area contributed by atoms with Gasteiger partial charge in [0.25, 0.3) is 11.8 Å². The van der Waals surface area contributed by atoms with Crippen LogP contribution in [0.2, 0.25) is 5.02 Å². The van der Waals surface area contributed by atoms with Crippen LogP contribution in [-0.4, -0.2) is 76.1 Å². The average Bonchev–Trinajstić information content (AvgIpc) is 3.36. The van der Waals surface area contributed by atoms with Crippen molar-refractivity contribution < 1.29 is 19.1 Å². The molecule has 2 amide bonds. The Morgan fingerprint density at radius 2 is 1.78 bits per heavy atom. The Labute approximate surface area is 219 Å². The molecule has 5 rings (SSSR count). The third-order valence-electron chi connectivity index (χ3n) is 6.50. The van der Waals surface area contributed by atoms with Crippen LogP contribution in [0, 0.1) is 0 Å². The number of fused-ring (bicyclic) bond motifs is 1. The maximum absolute atomic E-state index is 13.4. The van der Waals surface area contributed by atoms with E-state index in [-0.39, 0.29) is 17.9 Å². The van der Waals surface area contributed by atoms with Crippen LogP contribution in [0.4, 0.5) is 0 Å². The third kappa shape index (κ3) is 4.70. The van der Waals surface area contributed by atoms with Crippen molar-refractivity contribution in [3.05, 3.63) is 77.1 Å². The molecular weight excluding hydrogens is 494 g/mol. The molecule has 1 fully saturated rings. The quantitative estimate of drug-likeness (QED) is 0.395. The van der Waals surface area contributed by atoms with E-state index in [0.29, 0.717) is 53.1 Å². The van der Waals surface area contributed by atoms with Gasteiger partial charge in [-0.2, -0.15) is 5.10 Å². The second kappa shape index (κ2) is 10.1. The largest absolute Gasteiger partial charge is 0.493 e. The molecule has 0 unspecified atom stereocenters. The number of methoxy groups -OCH3 is 2. The van der Waals surface area contributed by atoms with E-state index in [0.717, 1.165) is 11.3 Å². The molecule has 0 saturated carbocycles. The van der Waals surface area contributed by atoms with Gasteiger partial charge < -0.3 is 19.3 Å². The fourth-order valence-corrected chi connectivity index (χ4v) is 4.80. The minimum atomic E-state index is -0.203. The van der Waals surface area contributed by atoms with Crippen LogP contribution < -0.4 is 9.47 Å². The topological polar surface area (TPSA) is 89.3 Å². The molecule has 37 heavy (non-hydrogen) atoms. The van der Waals surface area contributed by atoms with Crippen LogP contribution in [-0.2, 0) is 0 Å². The molecular formula is C27H26ClN5O4. The van der Waals surface area contributed by atoms with Crippen molar-refractivity contribution >= 4 is 29.1 Å². The predicted molar refractivity (Wildman–Crippen MR) is 139 cm³/mol. The highest BCUT2D eigenvalue weighted by atomic mass is 35.5. The third-order valence-corrected chi connectivity index (χ3v) is 6.74. The molecule has 0 N–H and O–H groups in total. The number of halogens is 1. The van der Waals surface area contributed by atoms with E-state index in [9.17, 15) is 9.59 Å². The Hall–Kier alpha value is -4.11. The first-order valence-electron chi connectivity index (χ1n) is 11.8. The number of benzene rings is 2. The van der Waals surface area contributed by atoms with Gasteiger partial charge in [-0.05, 0) is 49.4 Å². The number of aromatic nitrogens is 3. The van der Waals surface area contributed by atoms with E-state index < -0.39 is 0 Å². The zero-order chi connectivity index (χ0) is 26.1. The minimum absolute atomic E-state index is 0.0985. The lowest BCUT2D eigenvalue weighted by atomic mass is 10.1. The lowest BCUT2D eigenvalue weighted by Gasteiger charge is -2.39. The van der Waals surface area contributed by atoms with Gasteiger partial charge in [0, 0.05) is 54.1 Å². The first kappa shape index (κ1) is 24.6. The molecule has 10 heteroatoms. The first-order valence-corrected chi connectivity index (χ1v) is 12.2. The Morgan fingerprint density at radius 3 is 2.51 bits per heavy atom. The summed E-state index contributed by atoms with van der Waals surface area (Å²) in [4.78, 5) is 34.3. The fraction of sp³-hybridized carbons (Fsp3) is 0.259. The van der Waals surface area contributed by atoms with Gasteiger partial charge in [-0.1, -0.05) is 17.7 Å². The van der Waals surface area contributed by atoms with Crippen molar-refractivity contribution in [1.82, 2.24) is 24.4 Å². The van der Waals surface area contributed by atoms with Gasteiger partial charge in [-0.25, -0.2) is 9.50 Å². The Morgan fingerprint density at radius 1 is 0.973 bits per heavy atom. The number of hydrogen-bond acceptors (Lipinski definition) is 6. The van der Waals surface area contributed by atoms with Crippen molar-refractivity contribution in [1.29, 1.82) is 0 Å². The van der Waals surface area contributed by atoms with Crippen molar-refractivity contribution in [2.45, 2.75) is 13.0 Å². The van der Waals surface area contributed by atoms with E-state index >= 15 is 0 Å². The summed E-state index contributed by atoms with van der Waals surface area (Å²) in [6.45, 7) is 3.15. The maximum atomic E-state index is 13.4. The monoisotopic (exact) mass is 519 g/mol. The van der Waals surface area contributed by atoms with Gasteiger partial charge in [-0.3, -0.25) is 9.59 Å². The van der Waals surface area contributed by atoms with Crippen LogP contribution in [0.1, 0.15) is 27.8 Å². The van der Waals surface area contributed by atoms with Gasteiger partial charge in [0.05, 0.1) is 19.9 Å². The summed E-state index contributed by atoms with van der Waals surface area (Å²) in [5, 5.41) is 5.11. The van der Waals surface area contributed by atoms with Crippen molar-refractivity contribution in [2.24, 2.45) is 0 Å². The molecule has 1 aliphatic heterocycles. The van der Waals surface area contributed by atoms with E-state index in [1.807, 2.05) is 31.2 Å². The van der Waals surface area contributed by atoms with Gasteiger partial charge in [0.2, 0.25) is 0 Å². The summed E-state index contributed by atoms with van der Waals surface area (Å²) in [5.74, 6) is 0.909. The van der Waals surface area contributed by atoms with Gasteiger partial charge >= 0.3 is 0 Å². The molecule has 4 aromatic rings. The summed E-state index contributed by atoms with van der Waals surface area (Å²) in [7, 11) is 3.17. The molecule has 3 heterocycles. The number of amides is 2. The molecule has 0 spiro atoms. The highest BCUT2D eigenvalue weighted by molar-refractivity contribution is 6.31. The number of nitrogens with zero attached hydrogens (tertiary/aromatic N) is 5. The molecule has 1 aliphatic rings. The Kier molecular flexibility index (Phi) is 6.71.